The first kappa shape index (κ1) is 20.8. The van der Waals surface area contributed by atoms with Crippen molar-refractivity contribution in [2.24, 2.45) is 0 Å². The smallest absolute Gasteiger partial charge is 0.325 e. The molecule has 2 N–H and O–H groups in total. The van der Waals surface area contributed by atoms with E-state index in [2.05, 4.69) is 15.4 Å². The van der Waals surface area contributed by atoms with Gasteiger partial charge in [-0.1, -0.05) is 30.3 Å². The van der Waals surface area contributed by atoms with Crippen molar-refractivity contribution in [2.75, 3.05) is 32.1 Å². The second-order valence-electron chi connectivity index (χ2n) is 6.52. The molecule has 2 aromatic carbocycles. The fourth-order valence-corrected chi connectivity index (χ4v) is 3.23. The molecule has 10 nitrogen and oxygen atoms in total. The molecule has 0 saturated heterocycles. The predicted molar refractivity (Wildman–Crippen MR) is 107 cm³/mol. The number of methoxy groups -OCH3 is 1. The molecule has 0 spiro atoms. The van der Waals surface area contributed by atoms with E-state index in [4.69, 9.17) is 0 Å². The SMILES string of the molecule is COC(=O)CNC(=O)C(c1ccccc1)N1CCNc2ccc([N+](=O)[O-])cc2C1=O. The molecule has 0 aromatic heterocycles. The number of fused-ring (bicyclic) bond motifs is 1. The first-order valence-corrected chi connectivity index (χ1v) is 9.15. The van der Waals surface area contributed by atoms with Crippen LogP contribution in [0.25, 0.3) is 0 Å². The van der Waals surface area contributed by atoms with E-state index in [0.29, 0.717) is 17.8 Å². The van der Waals surface area contributed by atoms with Crippen molar-refractivity contribution in [1.82, 2.24) is 10.2 Å². The maximum absolute atomic E-state index is 13.3. The molecule has 30 heavy (non-hydrogen) atoms. The highest BCUT2D eigenvalue weighted by atomic mass is 16.6. The molecular formula is C20H20N4O6. The van der Waals surface area contributed by atoms with Crippen molar-refractivity contribution in [3.05, 3.63) is 69.8 Å². The van der Waals surface area contributed by atoms with Crippen LogP contribution in [0, 0.1) is 10.1 Å². The van der Waals surface area contributed by atoms with E-state index in [-0.39, 0.29) is 24.3 Å². The Morgan fingerprint density at radius 1 is 1.27 bits per heavy atom. The van der Waals surface area contributed by atoms with Crippen molar-refractivity contribution in [3.8, 4) is 0 Å². The standard InChI is InChI=1S/C20H20N4O6/c1-30-17(25)12-22-19(26)18(13-5-3-2-4-6-13)23-10-9-21-16-8-7-14(24(28)29)11-15(16)20(23)27/h2-8,11,18,21H,9-10,12H2,1H3,(H,22,26). The van der Waals surface area contributed by atoms with Crippen molar-refractivity contribution < 1.29 is 24.0 Å². The fraction of sp³-hybridized carbons (Fsp3) is 0.250. The Hall–Kier alpha value is -3.95. The largest absolute Gasteiger partial charge is 0.468 e. The number of anilines is 1. The van der Waals surface area contributed by atoms with Crippen LogP contribution in [0.4, 0.5) is 11.4 Å². The second kappa shape index (κ2) is 9.03. The zero-order valence-corrected chi connectivity index (χ0v) is 16.2. The van der Waals surface area contributed by atoms with Gasteiger partial charge in [0.05, 0.1) is 17.6 Å². The number of hydrogen-bond donors (Lipinski definition) is 2. The third kappa shape index (κ3) is 4.37. The summed E-state index contributed by atoms with van der Waals surface area (Å²) < 4.78 is 4.55. The number of hydrogen-bond acceptors (Lipinski definition) is 7. The number of carbonyl (C=O) groups excluding carboxylic acids is 3. The van der Waals surface area contributed by atoms with E-state index in [1.807, 2.05) is 0 Å². The summed E-state index contributed by atoms with van der Waals surface area (Å²) in [5, 5.41) is 16.7. The van der Waals surface area contributed by atoms with Gasteiger partial charge in [-0.05, 0) is 11.6 Å². The highest BCUT2D eigenvalue weighted by Crippen LogP contribution is 2.30. The lowest BCUT2D eigenvalue weighted by Crippen LogP contribution is -2.45. The van der Waals surface area contributed by atoms with E-state index in [1.54, 1.807) is 30.3 Å². The normalized spacial score (nSPS) is 14.0. The lowest BCUT2D eigenvalue weighted by molar-refractivity contribution is -0.384. The Morgan fingerprint density at radius 2 is 2.00 bits per heavy atom. The maximum atomic E-state index is 13.3. The Bertz CT molecular complexity index is 979. The minimum atomic E-state index is -1.03. The molecule has 1 atom stereocenters. The number of esters is 1. The zero-order chi connectivity index (χ0) is 21.7. The van der Waals surface area contributed by atoms with Crippen LogP contribution in [0.2, 0.25) is 0 Å². The van der Waals surface area contributed by atoms with Gasteiger partial charge in [0.2, 0.25) is 5.91 Å². The molecule has 0 saturated carbocycles. The highest BCUT2D eigenvalue weighted by molar-refractivity contribution is 6.03. The molecule has 0 radical (unpaired) electrons. The van der Waals surface area contributed by atoms with Crippen LogP contribution in [0.5, 0.6) is 0 Å². The van der Waals surface area contributed by atoms with Gasteiger partial charge in [-0.3, -0.25) is 24.5 Å². The highest BCUT2D eigenvalue weighted by Gasteiger charge is 2.35. The molecule has 2 amide bonds. The summed E-state index contributed by atoms with van der Waals surface area (Å²) >= 11 is 0. The molecule has 2 aromatic rings. The number of ether oxygens (including phenoxy) is 1. The molecule has 0 bridgehead atoms. The van der Waals surface area contributed by atoms with Gasteiger partial charge >= 0.3 is 5.97 Å². The number of non-ortho nitro benzene ring substituents is 1. The van der Waals surface area contributed by atoms with Gasteiger partial charge in [0.15, 0.2) is 0 Å². The van der Waals surface area contributed by atoms with Gasteiger partial charge in [-0.15, -0.1) is 0 Å². The summed E-state index contributed by atoms with van der Waals surface area (Å²) in [7, 11) is 1.21. The molecule has 1 unspecified atom stereocenters. The summed E-state index contributed by atoms with van der Waals surface area (Å²) in [5.41, 5.74) is 0.873. The van der Waals surface area contributed by atoms with Gasteiger partial charge in [0, 0.05) is 30.9 Å². The van der Waals surface area contributed by atoms with Crippen LogP contribution in [0.3, 0.4) is 0 Å². The number of nitro benzene ring substituents is 1. The first-order chi connectivity index (χ1) is 14.4. The van der Waals surface area contributed by atoms with Crippen molar-refractivity contribution in [3.63, 3.8) is 0 Å². The van der Waals surface area contributed by atoms with E-state index in [9.17, 15) is 24.5 Å². The zero-order valence-electron chi connectivity index (χ0n) is 16.2. The number of rotatable bonds is 6. The molecule has 1 aliphatic rings. The van der Waals surface area contributed by atoms with Gasteiger partial charge in [0.25, 0.3) is 11.6 Å². The molecule has 0 fully saturated rings. The minimum Gasteiger partial charge on any atom is -0.468 e. The number of carbonyl (C=O) groups is 3. The second-order valence-corrected chi connectivity index (χ2v) is 6.52. The van der Waals surface area contributed by atoms with Crippen LogP contribution in [-0.4, -0.2) is 54.4 Å². The Balaban J connectivity index is 1.99. The van der Waals surface area contributed by atoms with E-state index in [0.717, 1.165) is 0 Å². The maximum Gasteiger partial charge on any atom is 0.325 e. The van der Waals surface area contributed by atoms with E-state index >= 15 is 0 Å². The van der Waals surface area contributed by atoms with Crippen molar-refractivity contribution in [2.45, 2.75) is 6.04 Å². The number of nitro groups is 1. The van der Waals surface area contributed by atoms with Crippen LogP contribution >= 0.6 is 0 Å². The Labute approximate surface area is 172 Å². The molecule has 10 heteroatoms. The summed E-state index contributed by atoms with van der Waals surface area (Å²) in [6.07, 6.45) is 0. The van der Waals surface area contributed by atoms with Crippen LogP contribution in [0.1, 0.15) is 22.0 Å². The summed E-state index contributed by atoms with van der Waals surface area (Å²) in [6, 6.07) is 11.6. The van der Waals surface area contributed by atoms with Crippen LogP contribution < -0.4 is 10.6 Å². The van der Waals surface area contributed by atoms with Crippen molar-refractivity contribution >= 4 is 29.2 Å². The van der Waals surface area contributed by atoms with Crippen molar-refractivity contribution in [1.29, 1.82) is 0 Å². The quantitative estimate of drug-likeness (QED) is 0.417. The number of nitrogens with zero attached hydrogens (tertiary/aromatic N) is 2. The van der Waals surface area contributed by atoms with Crippen LogP contribution in [0.15, 0.2) is 48.5 Å². The lowest BCUT2D eigenvalue weighted by Gasteiger charge is -2.30. The summed E-state index contributed by atoms with van der Waals surface area (Å²) in [4.78, 5) is 49.6. The van der Waals surface area contributed by atoms with Crippen LogP contribution in [-0.2, 0) is 14.3 Å². The van der Waals surface area contributed by atoms with Gasteiger partial charge in [-0.25, -0.2) is 0 Å². The summed E-state index contributed by atoms with van der Waals surface area (Å²) in [5.74, 6) is -1.71. The average molecular weight is 412 g/mol. The number of nitrogens with one attached hydrogen (secondary N) is 2. The molecule has 0 aliphatic carbocycles. The molecule has 3 rings (SSSR count). The molecule has 156 valence electrons. The van der Waals surface area contributed by atoms with E-state index in [1.165, 1.54) is 30.2 Å². The average Bonchev–Trinajstić information content (AvgIpc) is 2.91. The lowest BCUT2D eigenvalue weighted by atomic mass is 10.0. The molecule has 1 heterocycles. The Morgan fingerprint density at radius 3 is 2.67 bits per heavy atom. The van der Waals surface area contributed by atoms with Gasteiger partial charge < -0.3 is 20.3 Å². The Kier molecular flexibility index (Phi) is 6.26. The molecular weight excluding hydrogens is 392 g/mol. The summed E-state index contributed by atoms with van der Waals surface area (Å²) in [6.45, 7) is 0.164. The number of benzene rings is 2. The number of amides is 2. The fourth-order valence-electron chi connectivity index (χ4n) is 3.23. The van der Waals surface area contributed by atoms with Gasteiger partial charge in [0.1, 0.15) is 12.6 Å². The third-order valence-corrected chi connectivity index (χ3v) is 4.68. The topological polar surface area (TPSA) is 131 Å². The van der Waals surface area contributed by atoms with E-state index < -0.39 is 28.7 Å². The monoisotopic (exact) mass is 412 g/mol. The van der Waals surface area contributed by atoms with Gasteiger partial charge in [-0.2, -0.15) is 0 Å². The predicted octanol–water partition coefficient (Wildman–Crippen LogP) is 1.49. The first-order valence-electron chi connectivity index (χ1n) is 9.15. The minimum absolute atomic E-state index is 0.100. The molecule has 1 aliphatic heterocycles. The third-order valence-electron chi connectivity index (χ3n) is 4.68.